The van der Waals surface area contributed by atoms with Crippen LogP contribution in [0.15, 0.2) is 46.9 Å². The molecule has 1 aliphatic rings. The molecule has 0 amide bonds. The quantitative estimate of drug-likeness (QED) is 0.708. The molecule has 0 unspecified atom stereocenters. The van der Waals surface area contributed by atoms with Crippen molar-refractivity contribution < 1.29 is 4.79 Å². The van der Waals surface area contributed by atoms with Crippen molar-refractivity contribution in [2.75, 3.05) is 0 Å². The highest BCUT2D eigenvalue weighted by Crippen LogP contribution is 2.41. The van der Waals surface area contributed by atoms with Crippen LogP contribution >= 0.6 is 15.9 Å². The molecule has 0 aliphatic heterocycles. The van der Waals surface area contributed by atoms with Crippen LogP contribution in [-0.4, -0.2) is 5.78 Å². The number of rotatable bonds is 0. The summed E-state index contributed by atoms with van der Waals surface area (Å²) >= 11 is 3.49. The largest absolute Gasteiger partial charge is 0.289 e. The van der Waals surface area contributed by atoms with Crippen LogP contribution < -0.4 is 0 Å². The van der Waals surface area contributed by atoms with Crippen molar-refractivity contribution in [2.24, 2.45) is 0 Å². The van der Waals surface area contributed by atoms with Gasteiger partial charge in [-0.05, 0) is 29.3 Å². The summed E-state index contributed by atoms with van der Waals surface area (Å²) in [4.78, 5) is 12.5. The number of halogens is 1. The smallest absolute Gasteiger partial charge is 0.193 e. The van der Waals surface area contributed by atoms with Crippen molar-refractivity contribution in [3.8, 4) is 0 Å². The first-order chi connectivity index (χ1) is 8.51. The average Bonchev–Trinajstić information content (AvgIpc) is 2.36. The summed E-state index contributed by atoms with van der Waals surface area (Å²) in [7, 11) is 0. The molecule has 0 spiro atoms. The van der Waals surface area contributed by atoms with Crippen LogP contribution in [0.3, 0.4) is 0 Å². The maximum atomic E-state index is 12.5. The fourth-order valence-electron chi connectivity index (χ4n) is 2.75. The standard InChI is InChI=1S/C16H13BrO/c1-16(2)13-6-4-3-5-11(13)15(18)12-8-7-10(17)9-14(12)16/h3-9H,1-2H3. The lowest BCUT2D eigenvalue weighted by Crippen LogP contribution is -2.30. The molecule has 3 rings (SSSR count). The van der Waals surface area contributed by atoms with Gasteiger partial charge in [0.05, 0.1) is 0 Å². The van der Waals surface area contributed by atoms with Crippen molar-refractivity contribution in [3.05, 3.63) is 69.2 Å². The van der Waals surface area contributed by atoms with Gasteiger partial charge >= 0.3 is 0 Å². The van der Waals surface area contributed by atoms with Crippen molar-refractivity contribution >= 4 is 21.7 Å². The van der Waals surface area contributed by atoms with Gasteiger partial charge in [0.15, 0.2) is 5.78 Å². The zero-order valence-electron chi connectivity index (χ0n) is 10.3. The van der Waals surface area contributed by atoms with Gasteiger partial charge in [0.1, 0.15) is 0 Å². The molecular weight excluding hydrogens is 288 g/mol. The molecule has 90 valence electrons. The highest BCUT2D eigenvalue weighted by molar-refractivity contribution is 9.10. The summed E-state index contributed by atoms with van der Waals surface area (Å²) in [5.41, 5.74) is 3.73. The van der Waals surface area contributed by atoms with E-state index in [1.54, 1.807) is 0 Å². The van der Waals surface area contributed by atoms with Gasteiger partial charge in [-0.25, -0.2) is 0 Å². The van der Waals surface area contributed by atoms with Crippen molar-refractivity contribution in [1.29, 1.82) is 0 Å². The third-order valence-electron chi connectivity index (χ3n) is 3.74. The van der Waals surface area contributed by atoms with Crippen LogP contribution in [0.4, 0.5) is 0 Å². The van der Waals surface area contributed by atoms with Crippen molar-refractivity contribution in [2.45, 2.75) is 19.3 Å². The molecule has 0 bridgehead atoms. The lowest BCUT2D eigenvalue weighted by atomic mass is 9.68. The van der Waals surface area contributed by atoms with Crippen LogP contribution in [0.1, 0.15) is 40.9 Å². The first kappa shape index (κ1) is 11.7. The minimum Gasteiger partial charge on any atom is -0.289 e. The molecule has 0 N–H and O–H groups in total. The number of ketones is 1. The summed E-state index contributed by atoms with van der Waals surface area (Å²) in [6.45, 7) is 4.34. The number of hydrogen-bond donors (Lipinski definition) is 0. The minimum atomic E-state index is -0.135. The Morgan fingerprint density at radius 3 is 2.39 bits per heavy atom. The number of benzene rings is 2. The molecule has 1 aliphatic carbocycles. The minimum absolute atomic E-state index is 0.132. The Kier molecular flexibility index (Phi) is 2.46. The van der Waals surface area contributed by atoms with E-state index in [0.717, 1.165) is 26.7 Å². The van der Waals surface area contributed by atoms with E-state index in [-0.39, 0.29) is 11.2 Å². The van der Waals surface area contributed by atoms with Gasteiger partial charge in [-0.2, -0.15) is 0 Å². The molecule has 0 aromatic heterocycles. The van der Waals surface area contributed by atoms with Gasteiger partial charge in [-0.15, -0.1) is 0 Å². The van der Waals surface area contributed by atoms with Crippen LogP contribution in [0.25, 0.3) is 0 Å². The highest BCUT2D eigenvalue weighted by Gasteiger charge is 2.36. The van der Waals surface area contributed by atoms with E-state index in [4.69, 9.17) is 0 Å². The van der Waals surface area contributed by atoms with Crippen LogP contribution in [0, 0.1) is 0 Å². The Labute approximate surface area is 115 Å². The topological polar surface area (TPSA) is 17.1 Å². The zero-order valence-corrected chi connectivity index (χ0v) is 11.9. The van der Waals surface area contributed by atoms with E-state index in [0.29, 0.717) is 0 Å². The molecule has 0 atom stereocenters. The Morgan fingerprint density at radius 2 is 1.61 bits per heavy atom. The molecular formula is C16H13BrO. The maximum absolute atomic E-state index is 12.5. The predicted molar refractivity (Wildman–Crippen MR) is 76.1 cm³/mol. The molecule has 0 saturated carbocycles. The predicted octanol–water partition coefficient (Wildman–Crippen LogP) is 4.32. The summed E-state index contributed by atoms with van der Waals surface area (Å²) in [6.07, 6.45) is 0. The number of carbonyl (C=O) groups is 1. The maximum Gasteiger partial charge on any atom is 0.193 e. The summed E-state index contributed by atoms with van der Waals surface area (Å²) in [5, 5.41) is 0. The van der Waals surface area contributed by atoms with Gasteiger partial charge < -0.3 is 0 Å². The first-order valence-electron chi connectivity index (χ1n) is 5.96. The molecule has 2 aromatic carbocycles. The zero-order chi connectivity index (χ0) is 12.9. The van der Waals surface area contributed by atoms with E-state index in [9.17, 15) is 4.79 Å². The molecule has 2 heteroatoms. The normalized spacial score (nSPS) is 16.1. The Balaban J connectivity index is 2.37. The Bertz CT molecular complexity index is 656. The van der Waals surface area contributed by atoms with Crippen LogP contribution in [0.5, 0.6) is 0 Å². The van der Waals surface area contributed by atoms with Gasteiger partial charge in [0.2, 0.25) is 0 Å². The van der Waals surface area contributed by atoms with E-state index >= 15 is 0 Å². The Morgan fingerprint density at radius 1 is 0.944 bits per heavy atom. The Hall–Kier alpha value is -1.41. The van der Waals surface area contributed by atoms with Gasteiger partial charge in [-0.1, -0.05) is 54.0 Å². The molecule has 0 fully saturated rings. The number of hydrogen-bond acceptors (Lipinski definition) is 1. The second kappa shape index (κ2) is 3.79. The summed E-state index contributed by atoms with van der Waals surface area (Å²) in [5.74, 6) is 0.132. The van der Waals surface area contributed by atoms with Crippen LogP contribution in [0.2, 0.25) is 0 Å². The third-order valence-corrected chi connectivity index (χ3v) is 4.24. The number of fused-ring (bicyclic) bond motifs is 2. The second-order valence-electron chi connectivity index (χ2n) is 5.19. The fourth-order valence-corrected chi connectivity index (χ4v) is 3.11. The summed E-state index contributed by atoms with van der Waals surface area (Å²) in [6, 6.07) is 13.8. The van der Waals surface area contributed by atoms with E-state index < -0.39 is 0 Å². The second-order valence-corrected chi connectivity index (χ2v) is 6.11. The summed E-state index contributed by atoms with van der Waals surface area (Å²) < 4.78 is 1.02. The monoisotopic (exact) mass is 300 g/mol. The van der Waals surface area contributed by atoms with E-state index in [1.807, 2.05) is 30.3 Å². The fraction of sp³-hybridized carbons (Fsp3) is 0.188. The molecule has 0 heterocycles. The van der Waals surface area contributed by atoms with Crippen LogP contribution in [-0.2, 0) is 5.41 Å². The lowest BCUT2D eigenvalue weighted by molar-refractivity contribution is 0.103. The van der Waals surface area contributed by atoms with E-state index in [1.165, 1.54) is 0 Å². The SMILES string of the molecule is CC1(C)c2ccccc2C(=O)c2ccc(Br)cc21. The third kappa shape index (κ3) is 1.49. The lowest BCUT2D eigenvalue weighted by Gasteiger charge is -2.34. The molecule has 0 saturated heterocycles. The first-order valence-corrected chi connectivity index (χ1v) is 6.75. The molecule has 0 radical (unpaired) electrons. The van der Waals surface area contributed by atoms with Gasteiger partial charge in [0.25, 0.3) is 0 Å². The highest BCUT2D eigenvalue weighted by atomic mass is 79.9. The van der Waals surface area contributed by atoms with Crippen molar-refractivity contribution in [1.82, 2.24) is 0 Å². The number of carbonyl (C=O) groups excluding carboxylic acids is 1. The average molecular weight is 301 g/mol. The van der Waals surface area contributed by atoms with E-state index in [2.05, 4.69) is 41.9 Å². The molecule has 1 nitrogen and oxygen atoms in total. The molecule has 18 heavy (non-hydrogen) atoms. The van der Waals surface area contributed by atoms with Crippen molar-refractivity contribution in [3.63, 3.8) is 0 Å². The molecule has 2 aromatic rings. The van der Waals surface area contributed by atoms with Gasteiger partial charge in [-0.3, -0.25) is 4.79 Å². The van der Waals surface area contributed by atoms with Gasteiger partial charge in [0, 0.05) is 21.0 Å².